The maximum absolute atomic E-state index is 12.8. The van der Waals surface area contributed by atoms with E-state index < -0.39 is 17.6 Å². The average Bonchev–Trinajstić information content (AvgIpc) is 2.67. The molecule has 0 saturated carbocycles. The molecule has 152 valence electrons. The maximum Gasteiger partial charge on any atom is 0.416 e. The van der Waals surface area contributed by atoms with Gasteiger partial charge in [-0.3, -0.25) is 4.79 Å². The Hall–Kier alpha value is -3.06. The molecule has 1 amide bonds. The van der Waals surface area contributed by atoms with Crippen molar-refractivity contribution >= 4 is 16.7 Å². The molecule has 0 spiro atoms. The molecule has 0 heterocycles. The highest BCUT2D eigenvalue weighted by atomic mass is 19.4. The largest absolute Gasteiger partial charge is 0.457 e. The number of halogens is 3. The van der Waals surface area contributed by atoms with Crippen LogP contribution in [-0.4, -0.2) is 12.5 Å². The second kappa shape index (κ2) is 8.13. The standard InChI is InChI=1S/C22H21F3N2O2/c1-13(11-12-26)20-17-3-2-4-19(16(17)9-10-18(20)21(27)28)29-15-7-5-14(6-8-15)22(23,24)25/h2-10,13H,11-12,26H2,1H3,(H2,27,28). The van der Waals surface area contributed by atoms with Gasteiger partial charge in [-0.25, -0.2) is 0 Å². The average molecular weight is 402 g/mol. The number of rotatable bonds is 6. The predicted molar refractivity (Wildman–Crippen MR) is 106 cm³/mol. The molecule has 0 saturated heterocycles. The highest BCUT2D eigenvalue weighted by Gasteiger charge is 2.30. The summed E-state index contributed by atoms with van der Waals surface area (Å²) < 4.78 is 44.1. The molecule has 7 heteroatoms. The first-order chi connectivity index (χ1) is 13.7. The van der Waals surface area contributed by atoms with E-state index in [0.717, 1.165) is 28.5 Å². The minimum absolute atomic E-state index is 0.00693. The first-order valence-electron chi connectivity index (χ1n) is 9.13. The normalized spacial score (nSPS) is 12.7. The Kier molecular flexibility index (Phi) is 5.79. The van der Waals surface area contributed by atoms with Gasteiger partial charge in [0.25, 0.3) is 0 Å². The van der Waals surface area contributed by atoms with Crippen LogP contribution in [0.5, 0.6) is 11.5 Å². The maximum atomic E-state index is 12.8. The molecule has 0 aliphatic carbocycles. The fraction of sp³-hybridized carbons (Fsp3) is 0.227. The SMILES string of the molecule is CC(CCN)c1c(C(N)=O)ccc2c(Oc3ccc(C(F)(F)F)cc3)cccc12. The Morgan fingerprint density at radius 1 is 1.03 bits per heavy atom. The molecule has 3 aromatic rings. The molecule has 4 N–H and O–H groups in total. The van der Waals surface area contributed by atoms with E-state index in [0.29, 0.717) is 24.3 Å². The van der Waals surface area contributed by atoms with E-state index in [4.69, 9.17) is 16.2 Å². The minimum atomic E-state index is -4.41. The number of carbonyl (C=O) groups is 1. The Morgan fingerprint density at radius 3 is 2.31 bits per heavy atom. The lowest BCUT2D eigenvalue weighted by Crippen LogP contribution is -2.16. The number of hydrogen-bond donors (Lipinski definition) is 2. The fourth-order valence-electron chi connectivity index (χ4n) is 3.42. The fourth-order valence-corrected chi connectivity index (χ4v) is 3.42. The Balaban J connectivity index is 2.06. The summed E-state index contributed by atoms with van der Waals surface area (Å²) in [6.07, 6.45) is -3.74. The Labute approximate surface area is 166 Å². The van der Waals surface area contributed by atoms with Crippen LogP contribution in [0.25, 0.3) is 10.8 Å². The number of carbonyl (C=O) groups excluding carboxylic acids is 1. The minimum Gasteiger partial charge on any atom is -0.457 e. The van der Waals surface area contributed by atoms with E-state index in [1.807, 2.05) is 13.0 Å². The van der Waals surface area contributed by atoms with Crippen LogP contribution in [0.4, 0.5) is 13.2 Å². The molecule has 0 radical (unpaired) electrons. The zero-order valence-corrected chi connectivity index (χ0v) is 15.8. The van der Waals surface area contributed by atoms with E-state index in [1.54, 1.807) is 24.3 Å². The van der Waals surface area contributed by atoms with Gasteiger partial charge in [0.15, 0.2) is 0 Å². The van der Waals surface area contributed by atoms with Gasteiger partial charge in [0, 0.05) is 10.9 Å². The van der Waals surface area contributed by atoms with Gasteiger partial charge in [0.2, 0.25) is 5.91 Å². The summed E-state index contributed by atoms with van der Waals surface area (Å²) in [6.45, 7) is 2.43. The number of amides is 1. The van der Waals surface area contributed by atoms with Gasteiger partial charge in [-0.05, 0) is 72.3 Å². The molecular formula is C22H21F3N2O2. The zero-order chi connectivity index (χ0) is 21.2. The number of fused-ring (bicyclic) bond motifs is 1. The molecule has 0 aliphatic heterocycles. The van der Waals surface area contributed by atoms with Crippen molar-refractivity contribution in [2.45, 2.75) is 25.4 Å². The number of ether oxygens (including phenoxy) is 1. The van der Waals surface area contributed by atoms with Crippen LogP contribution in [0, 0.1) is 0 Å². The smallest absolute Gasteiger partial charge is 0.416 e. The second-order valence-corrected chi connectivity index (χ2v) is 6.84. The number of primary amides is 1. The van der Waals surface area contributed by atoms with Crippen LogP contribution >= 0.6 is 0 Å². The highest BCUT2D eigenvalue weighted by molar-refractivity contribution is 6.02. The number of nitrogens with two attached hydrogens (primary N) is 2. The summed E-state index contributed by atoms with van der Waals surface area (Å²) in [5, 5.41) is 1.53. The summed E-state index contributed by atoms with van der Waals surface area (Å²) >= 11 is 0. The van der Waals surface area contributed by atoms with E-state index in [2.05, 4.69) is 0 Å². The van der Waals surface area contributed by atoms with Gasteiger partial charge in [0.05, 0.1) is 5.56 Å². The van der Waals surface area contributed by atoms with Crippen molar-refractivity contribution in [2.24, 2.45) is 11.5 Å². The first-order valence-corrected chi connectivity index (χ1v) is 9.13. The molecule has 0 fully saturated rings. The lowest BCUT2D eigenvalue weighted by molar-refractivity contribution is -0.137. The van der Waals surface area contributed by atoms with Crippen LogP contribution in [-0.2, 0) is 6.18 Å². The highest BCUT2D eigenvalue weighted by Crippen LogP contribution is 2.37. The third-order valence-electron chi connectivity index (χ3n) is 4.83. The topological polar surface area (TPSA) is 78.3 Å². The van der Waals surface area contributed by atoms with Gasteiger partial charge in [-0.1, -0.05) is 19.1 Å². The van der Waals surface area contributed by atoms with Crippen molar-refractivity contribution in [3.63, 3.8) is 0 Å². The monoisotopic (exact) mass is 402 g/mol. The van der Waals surface area contributed by atoms with Crippen molar-refractivity contribution in [2.75, 3.05) is 6.54 Å². The number of hydrogen-bond acceptors (Lipinski definition) is 3. The lowest BCUT2D eigenvalue weighted by atomic mass is 9.88. The summed E-state index contributed by atoms with van der Waals surface area (Å²) in [5.41, 5.74) is 11.7. The molecule has 3 aromatic carbocycles. The summed E-state index contributed by atoms with van der Waals surface area (Å²) in [6, 6.07) is 13.2. The van der Waals surface area contributed by atoms with E-state index in [1.165, 1.54) is 12.1 Å². The molecule has 3 rings (SSSR count). The van der Waals surface area contributed by atoms with Gasteiger partial charge >= 0.3 is 6.18 Å². The van der Waals surface area contributed by atoms with Gasteiger partial charge < -0.3 is 16.2 Å². The van der Waals surface area contributed by atoms with Gasteiger partial charge in [-0.15, -0.1) is 0 Å². The van der Waals surface area contributed by atoms with E-state index >= 15 is 0 Å². The molecule has 0 bridgehead atoms. The third kappa shape index (κ3) is 4.35. The first kappa shape index (κ1) is 20.7. The van der Waals surface area contributed by atoms with Crippen LogP contribution in [0.3, 0.4) is 0 Å². The van der Waals surface area contributed by atoms with Crippen molar-refractivity contribution in [1.82, 2.24) is 0 Å². The van der Waals surface area contributed by atoms with E-state index in [-0.39, 0.29) is 11.7 Å². The number of alkyl halides is 3. The molecule has 29 heavy (non-hydrogen) atoms. The molecule has 0 aromatic heterocycles. The molecular weight excluding hydrogens is 381 g/mol. The van der Waals surface area contributed by atoms with Crippen molar-refractivity contribution < 1.29 is 22.7 Å². The van der Waals surface area contributed by atoms with Crippen LogP contribution in [0.2, 0.25) is 0 Å². The van der Waals surface area contributed by atoms with Gasteiger partial charge in [-0.2, -0.15) is 13.2 Å². The predicted octanol–water partition coefficient (Wildman–Crippen LogP) is 5.20. The van der Waals surface area contributed by atoms with Gasteiger partial charge in [0.1, 0.15) is 11.5 Å². The van der Waals surface area contributed by atoms with Crippen molar-refractivity contribution in [1.29, 1.82) is 0 Å². The van der Waals surface area contributed by atoms with Crippen LogP contribution < -0.4 is 16.2 Å². The molecule has 4 nitrogen and oxygen atoms in total. The number of benzene rings is 3. The van der Waals surface area contributed by atoms with Crippen LogP contribution in [0.15, 0.2) is 54.6 Å². The van der Waals surface area contributed by atoms with Crippen molar-refractivity contribution in [3.8, 4) is 11.5 Å². The molecule has 0 aliphatic rings. The summed E-state index contributed by atoms with van der Waals surface area (Å²) in [7, 11) is 0. The summed E-state index contributed by atoms with van der Waals surface area (Å²) in [5.74, 6) is 0.216. The third-order valence-corrected chi connectivity index (χ3v) is 4.83. The quantitative estimate of drug-likeness (QED) is 0.595. The Bertz CT molecular complexity index is 1030. The summed E-state index contributed by atoms with van der Waals surface area (Å²) in [4.78, 5) is 11.9. The van der Waals surface area contributed by atoms with E-state index in [9.17, 15) is 18.0 Å². The lowest BCUT2D eigenvalue weighted by Gasteiger charge is -2.19. The van der Waals surface area contributed by atoms with Crippen LogP contribution in [0.1, 0.15) is 40.7 Å². The zero-order valence-electron chi connectivity index (χ0n) is 15.8. The van der Waals surface area contributed by atoms with Crippen molar-refractivity contribution in [3.05, 3.63) is 71.3 Å². The Morgan fingerprint density at radius 2 is 1.72 bits per heavy atom. The second-order valence-electron chi connectivity index (χ2n) is 6.84. The molecule has 1 atom stereocenters. The molecule has 1 unspecified atom stereocenters.